The number of benzene rings is 1. The largest absolute Gasteiger partial charge is 0.466 e. The Kier molecular flexibility index (Phi) is 12.3. The summed E-state index contributed by atoms with van der Waals surface area (Å²) in [7, 11) is 0. The maximum Gasteiger partial charge on any atom is 0.410 e. The van der Waals surface area contributed by atoms with Gasteiger partial charge in [-0.15, -0.1) is 0 Å². The minimum atomic E-state index is -1.03. The smallest absolute Gasteiger partial charge is 0.410 e. The van der Waals surface area contributed by atoms with E-state index < -0.39 is 59.2 Å². The van der Waals surface area contributed by atoms with Crippen LogP contribution in [0.1, 0.15) is 75.9 Å². The van der Waals surface area contributed by atoms with Crippen LogP contribution in [0, 0.1) is 17.3 Å². The molecule has 0 radical (unpaired) electrons. The maximum absolute atomic E-state index is 13.9. The zero-order valence-corrected chi connectivity index (χ0v) is 27.6. The average molecular weight is 651 g/mol. The van der Waals surface area contributed by atoms with Crippen molar-refractivity contribution in [1.29, 1.82) is 0 Å². The predicted molar refractivity (Wildman–Crippen MR) is 172 cm³/mol. The lowest BCUT2D eigenvalue weighted by atomic mass is 9.82. The Morgan fingerprint density at radius 3 is 2.30 bits per heavy atom. The lowest BCUT2D eigenvalue weighted by Crippen LogP contribution is -2.61. The molecule has 1 aromatic carbocycles. The highest BCUT2D eigenvalue weighted by Gasteiger charge is 2.44. The van der Waals surface area contributed by atoms with E-state index in [4.69, 9.17) is 9.47 Å². The molecule has 1 aromatic heterocycles. The summed E-state index contributed by atoms with van der Waals surface area (Å²) in [4.78, 5) is 76.2. The van der Waals surface area contributed by atoms with Crippen LogP contribution in [0.4, 0.5) is 4.79 Å². The third kappa shape index (κ3) is 9.72. The molecule has 4 amide bonds. The minimum absolute atomic E-state index is 0.00209. The van der Waals surface area contributed by atoms with Crippen LogP contribution in [-0.4, -0.2) is 82.5 Å². The van der Waals surface area contributed by atoms with Crippen molar-refractivity contribution in [2.45, 2.75) is 84.5 Å². The number of amides is 4. The summed E-state index contributed by atoms with van der Waals surface area (Å²) < 4.78 is 10.7. The molecule has 0 spiro atoms. The van der Waals surface area contributed by atoms with E-state index in [0.29, 0.717) is 0 Å². The zero-order chi connectivity index (χ0) is 34.0. The molecule has 1 saturated carbocycles. The molecular weight excluding hydrogens is 604 g/mol. The van der Waals surface area contributed by atoms with Crippen molar-refractivity contribution in [2.75, 3.05) is 19.7 Å². The first-order chi connectivity index (χ1) is 22.5. The number of likely N-dealkylation sites (tertiary alicyclic amines) is 1. The van der Waals surface area contributed by atoms with Gasteiger partial charge in [-0.1, -0.05) is 70.4 Å². The third-order valence-corrected chi connectivity index (χ3v) is 8.60. The first-order valence-electron chi connectivity index (χ1n) is 16.3. The van der Waals surface area contributed by atoms with E-state index in [0.717, 1.165) is 37.7 Å². The van der Waals surface area contributed by atoms with E-state index in [-0.39, 0.29) is 37.9 Å². The Bertz CT molecular complexity index is 1380. The van der Waals surface area contributed by atoms with E-state index >= 15 is 0 Å². The fourth-order valence-electron chi connectivity index (χ4n) is 6.07. The van der Waals surface area contributed by atoms with Gasteiger partial charge in [-0.2, -0.15) is 0 Å². The number of hydrogen-bond acceptors (Lipinski definition) is 9. The van der Waals surface area contributed by atoms with Gasteiger partial charge in [-0.3, -0.25) is 24.2 Å². The third-order valence-electron chi connectivity index (χ3n) is 8.60. The van der Waals surface area contributed by atoms with Crippen LogP contribution >= 0.6 is 0 Å². The van der Waals surface area contributed by atoms with Crippen molar-refractivity contribution in [3.05, 3.63) is 60.2 Å². The van der Waals surface area contributed by atoms with Crippen LogP contribution < -0.4 is 16.0 Å². The summed E-state index contributed by atoms with van der Waals surface area (Å²) in [5.41, 5.74) is 0.150. The van der Waals surface area contributed by atoms with Gasteiger partial charge in [0, 0.05) is 25.5 Å². The Hall–Kier alpha value is -4.55. The quantitative estimate of drug-likeness (QED) is 0.310. The molecule has 13 nitrogen and oxygen atoms in total. The molecule has 13 heteroatoms. The predicted octanol–water partition coefficient (Wildman–Crippen LogP) is 3.00. The molecule has 2 aliphatic rings. The van der Waals surface area contributed by atoms with Crippen molar-refractivity contribution in [2.24, 2.45) is 17.3 Å². The topological polar surface area (TPSA) is 169 Å². The molecule has 1 aliphatic heterocycles. The molecular formula is C34H46N6O7. The van der Waals surface area contributed by atoms with Gasteiger partial charge in [-0.25, -0.2) is 9.78 Å². The highest BCUT2D eigenvalue weighted by Crippen LogP contribution is 2.28. The van der Waals surface area contributed by atoms with Gasteiger partial charge in [0.2, 0.25) is 11.8 Å². The van der Waals surface area contributed by atoms with Crippen molar-refractivity contribution >= 4 is 29.8 Å². The molecule has 254 valence electrons. The average Bonchev–Trinajstić information content (AvgIpc) is 3.49. The summed E-state index contributed by atoms with van der Waals surface area (Å²) >= 11 is 0. The number of carbonyl (C=O) groups is 5. The maximum atomic E-state index is 13.9. The standard InChI is InChI=1S/C34H46N6O7/c1-5-46-32(44)24-19-40(33(45)47-21-22-12-8-6-9-13-22)20-26(24)37-31(43)28(34(2,3)4)39-30(42)27(23-14-10-7-11-15-23)38-29(41)25-18-35-16-17-36-25/h6,8-9,12-13,16-18,23-24,26-28H,5,7,10-11,14-15,19-21H2,1-4H3,(H,37,43)(H,38,41)(H,39,42)/t24?,26?,27-,28?/m0/s1. The second kappa shape index (κ2) is 16.3. The minimum Gasteiger partial charge on any atom is -0.466 e. The molecule has 3 N–H and O–H groups in total. The molecule has 4 atom stereocenters. The SMILES string of the molecule is CCOC(=O)C1CN(C(=O)OCc2ccccc2)CC1NC(=O)C(NC(=O)[C@@H](NC(=O)c1cnccn1)C1CCCCC1)C(C)(C)C. The molecule has 0 bridgehead atoms. The molecule has 1 saturated heterocycles. The highest BCUT2D eigenvalue weighted by atomic mass is 16.6. The van der Waals surface area contributed by atoms with E-state index in [9.17, 15) is 24.0 Å². The van der Waals surface area contributed by atoms with Gasteiger partial charge in [0.25, 0.3) is 5.91 Å². The van der Waals surface area contributed by atoms with Gasteiger partial charge in [-0.05, 0) is 36.7 Å². The van der Waals surface area contributed by atoms with Gasteiger partial charge in [0.1, 0.15) is 24.4 Å². The van der Waals surface area contributed by atoms with E-state index in [1.54, 1.807) is 6.92 Å². The molecule has 3 unspecified atom stereocenters. The second-order valence-corrected chi connectivity index (χ2v) is 13.2. The van der Waals surface area contributed by atoms with Crippen molar-refractivity contribution in [3.63, 3.8) is 0 Å². The monoisotopic (exact) mass is 650 g/mol. The molecule has 47 heavy (non-hydrogen) atoms. The van der Waals surface area contributed by atoms with Gasteiger partial charge >= 0.3 is 12.1 Å². The summed E-state index contributed by atoms with van der Waals surface area (Å²) in [6.45, 7) is 7.35. The van der Waals surface area contributed by atoms with Crippen LogP contribution in [0.5, 0.6) is 0 Å². The van der Waals surface area contributed by atoms with E-state index in [1.165, 1.54) is 23.5 Å². The lowest BCUT2D eigenvalue weighted by molar-refractivity contribution is -0.148. The van der Waals surface area contributed by atoms with Gasteiger partial charge in [0.15, 0.2) is 0 Å². The van der Waals surface area contributed by atoms with Gasteiger partial charge < -0.3 is 30.3 Å². The number of carbonyl (C=O) groups excluding carboxylic acids is 5. The Labute approximate surface area is 275 Å². The normalized spacial score (nSPS) is 19.6. The molecule has 1 aliphatic carbocycles. The summed E-state index contributed by atoms with van der Waals surface area (Å²) in [6, 6.07) is 6.52. The summed E-state index contributed by atoms with van der Waals surface area (Å²) in [5, 5.41) is 8.66. The summed E-state index contributed by atoms with van der Waals surface area (Å²) in [6.07, 6.45) is 8.00. The van der Waals surface area contributed by atoms with Crippen LogP contribution in [0.15, 0.2) is 48.9 Å². The fourth-order valence-corrected chi connectivity index (χ4v) is 6.07. The first-order valence-corrected chi connectivity index (χ1v) is 16.3. The lowest BCUT2D eigenvalue weighted by Gasteiger charge is -2.35. The number of nitrogens with one attached hydrogen (secondary N) is 3. The molecule has 2 aromatic rings. The number of ether oxygens (including phenoxy) is 2. The highest BCUT2D eigenvalue weighted by molar-refractivity contribution is 5.97. The second-order valence-electron chi connectivity index (χ2n) is 13.2. The molecule has 2 heterocycles. The van der Waals surface area contributed by atoms with Gasteiger partial charge in [0.05, 0.1) is 24.8 Å². The van der Waals surface area contributed by atoms with Crippen LogP contribution in [0.25, 0.3) is 0 Å². The molecule has 2 fully saturated rings. The van der Waals surface area contributed by atoms with Crippen LogP contribution in [0.2, 0.25) is 0 Å². The van der Waals surface area contributed by atoms with Crippen molar-refractivity contribution < 1.29 is 33.4 Å². The molecule has 4 rings (SSSR count). The van der Waals surface area contributed by atoms with Crippen LogP contribution in [0.3, 0.4) is 0 Å². The number of nitrogens with zero attached hydrogens (tertiary/aromatic N) is 3. The Morgan fingerprint density at radius 1 is 0.936 bits per heavy atom. The van der Waals surface area contributed by atoms with E-state index in [1.807, 2.05) is 51.1 Å². The van der Waals surface area contributed by atoms with Crippen LogP contribution in [-0.2, 0) is 30.5 Å². The zero-order valence-electron chi connectivity index (χ0n) is 27.6. The van der Waals surface area contributed by atoms with Crippen molar-refractivity contribution in [1.82, 2.24) is 30.8 Å². The number of aromatic nitrogens is 2. The number of rotatable bonds is 11. The number of hydrogen-bond donors (Lipinski definition) is 3. The Morgan fingerprint density at radius 2 is 1.66 bits per heavy atom. The summed E-state index contributed by atoms with van der Waals surface area (Å²) in [5.74, 6) is -3.03. The first kappa shape index (κ1) is 35.3. The van der Waals surface area contributed by atoms with Crippen molar-refractivity contribution in [3.8, 4) is 0 Å². The fraction of sp³-hybridized carbons (Fsp3) is 0.559. The van der Waals surface area contributed by atoms with E-state index in [2.05, 4.69) is 25.9 Å². The number of esters is 1. The Balaban J connectivity index is 1.48.